The van der Waals surface area contributed by atoms with Crippen LogP contribution in [0.2, 0.25) is 0 Å². The van der Waals surface area contributed by atoms with E-state index in [1.54, 1.807) is 29.4 Å². The third-order valence-electron chi connectivity index (χ3n) is 4.59. The van der Waals surface area contributed by atoms with Crippen LogP contribution >= 0.6 is 0 Å². The molecule has 0 saturated carbocycles. The van der Waals surface area contributed by atoms with E-state index in [0.717, 1.165) is 17.5 Å². The van der Waals surface area contributed by atoms with Gasteiger partial charge in [0.15, 0.2) is 0 Å². The molecule has 2 aromatic rings. The molecule has 7 heteroatoms. The molecule has 1 atom stereocenters. The minimum absolute atomic E-state index is 0.0537. The topological polar surface area (TPSA) is 95.6 Å². The monoisotopic (exact) mass is 355 g/mol. The molecule has 3 N–H and O–H groups in total. The number of likely N-dealkylation sites (tertiary alicyclic amines) is 1. The van der Waals surface area contributed by atoms with Gasteiger partial charge in [-0.05, 0) is 44.6 Å². The zero-order valence-electron chi connectivity index (χ0n) is 15.2. The lowest BCUT2D eigenvalue weighted by Gasteiger charge is -2.40. The van der Waals surface area contributed by atoms with Gasteiger partial charge in [0.2, 0.25) is 5.95 Å². The lowest BCUT2D eigenvalue weighted by Crippen LogP contribution is -2.54. The molecule has 1 aromatic carbocycles. The van der Waals surface area contributed by atoms with Crippen molar-refractivity contribution < 1.29 is 9.90 Å². The maximum absolute atomic E-state index is 12.8. The summed E-state index contributed by atoms with van der Waals surface area (Å²) in [5.41, 5.74) is 7.03. The molecule has 1 aromatic heterocycles. The molecule has 0 aliphatic carbocycles. The molecule has 0 radical (unpaired) electrons. The molecule has 26 heavy (non-hydrogen) atoms. The second kappa shape index (κ2) is 7.39. The van der Waals surface area contributed by atoms with Crippen LogP contribution in [0.5, 0.6) is 0 Å². The van der Waals surface area contributed by atoms with Crippen molar-refractivity contribution >= 4 is 11.9 Å². The Morgan fingerprint density at radius 1 is 1.23 bits per heavy atom. The number of anilines is 1. The molecule has 1 unspecified atom stereocenters. The number of benzene rings is 1. The van der Waals surface area contributed by atoms with Crippen LogP contribution in [0.3, 0.4) is 0 Å². The summed E-state index contributed by atoms with van der Waals surface area (Å²) < 4.78 is 0. The summed E-state index contributed by atoms with van der Waals surface area (Å²) >= 11 is 0. The van der Waals surface area contributed by atoms with Gasteiger partial charge in [-0.3, -0.25) is 4.79 Å². The molecule has 1 amide bonds. The van der Waals surface area contributed by atoms with Crippen molar-refractivity contribution in [2.75, 3.05) is 39.5 Å². The fraction of sp³-hybridized carbons (Fsp3) is 0.421. The summed E-state index contributed by atoms with van der Waals surface area (Å²) in [6, 6.07) is 7.34. The first-order valence-corrected chi connectivity index (χ1v) is 8.71. The minimum Gasteiger partial charge on any atom is -0.387 e. The number of hydrogen-bond acceptors (Lipinski definition) is 6. The van der Waals surface area contributed by atoms with E-state index in [1.807, 2.05) is 31.1 Å². The number of amides is 1. The Kier molecular flexibility index (Phi) is 5.20. The van der Waals surface area contributed by atoms with Crippen molar-refractivity contribution in [2.24, 2.45) is 0 Å². The highest BCUT2D eigenvalue weighted by Crippen LogP contribution is 2.24. The van der Waals surface area contributed by atoms with Crippen molar-refractivity contribution in [1.82, 2.24) is 19.8 Å². The van der Waals surface area contributed by atoms with Crippen molar-refractivity contribution in [1.29, 1.82) is 0 Å². The fourth-order valence-electron chi connectivity index (χ4n) is 3.48. The normalized spacial score (nSPS) is 20.4. The van der Waals surface area contributed by atoms with Crippen LogP contribution in [0, 0.1) is 0 Å². The fourth-order valence-corrected chi connectivity index (χ4v) is 3.48. The predicted octanol–water partition coefficient (Wildman–Crippen LogP) is 1.25. The van der Waals surface area contributed by atoms with Crippen molar-refractivity contribution in [3.05, 3.63) is 42.2 Å². The molecular formula is C19H25N5O2. The Morgan fingerprint density at radius 3 is 2.50 bits per heavy atom. The summed E-state index contributed by atoms with van der Waals surface area (Å²) in [6.07, 6.45) is 4.83. The van der Waals surface area contributed by atoms with Gasteiger partial charge in [-0.2, -0.15) is 0 Å². The molecule has 3 rings (SSSR count). The Balaban J connectivity index is 1.72. The lowest BCUT2D eigenvalue weighted by atomic mass is 9.92. The first kappa shape index (κ1) is 18.3. The highest BCUT2D eigenvalue weighted by molar-refractivity contribution is 5.94. The Hall–Kier alpha value is -2.51. The van der Waals surface area contributed by atoms with Gasteiger partial charge in [-0.15, -0.1) is 0 Å². The van der Waals surface area contributed by atoms with E-state index in [0.29, 0.717) is 31.6 Å². The molecule has 1 aliphatic heterocycles. The third-order valence-corrected chi connectivity index (χ3v) is 4.59. The van der Waals surface area contributed by atoms with Gasteiger partial charge in [-0.25, -0.2) is 9.97 Å². The standard InChI is InChI=1S/C19H25N5O2/c1-23(2)12-19(26)8-3-9-24(13-19)17(25)15-6-4-14(5-7-15)16-10-21-18(20)22-11-16/h4-7,10-11,26H,3,8-9,12-13H2,1-2H3,(H2,20,21,22). The summed E-state index contributed by atoms with van der Waals surface area (Å²) in [6.45, 7) is 1.58. The smallest absolute Gasteiger partial charge is 0.253 e. The van der Waals surface area contributed by atoms with E-state index in [2.05, 4.69) is 9.97 Å². The maximum atomic E-state index is 12.8. The van der Waals surface area contributed by atoms with Crippen LogP contribution in [0.1, 0.15) is 23.2 Å². The zero-order chi connectivity index (χ0) is 18.7. The maximum Gasteiger partial charge on any atom is 0.253 e. The summed E-state index contributed by atoms with van der Waals surface area (Å²) in [5, 5.41) is 10.8. The van der Waals surface area contributed by atoms with E-state index >= 15 is 0 Å². The minimum atomic E-state index is -0.849. The average molecular weight is 355 g/mol. The number of piperidine rings is 1. The number of nitrogen functional groups attached to an aromatic ring is 1. The van der Waals surface area contributed by atoms with Gasteiger partial charge in [0.05, 0.1) is 12.1 Å². The highest BCUT2D eigenvalue weighted by atomic mass is 16.3. The summed E-state index contributed by atoms with van der Waals surface area (Å²) in [7, 11) is 3.86. The first-order valence-electron chi connectivity index (χ1n) is 8.71. The molecule has 138 valence electrons. The Morgan fingerprint density at radius 2 is 1.88 bits per heavy atom. The van der Waals surface area contributed by atoms with E-state index in [1.165, 1.54) is 0 Å². The molecule has 7 nitrogen and oxygen atoms in total. The van der Waals surface area contributed by atoms with Crippen LogP contribution in [0.15, 0.2) is 36.7 Å². The van der Waals surface area contributed by atoms with Crippen LogP contribution in [-0.2, 0) is 0 Å². The van der Waals surface area contributed by atoms with E-state index in [9.17, 15) is 9.90 Å². The molecule has 2 heterocycles. The zero-order valence-corrected chi connectivity index (χ0v) is 15.2. The van der Waals surface area contributed by atoms with Gasteiger partial charge in [0.25, 0.3) is 5.91 Å². The number of nitrogens with zero attached hydrogens (tertiary/aromatic N) is 4. The second-order valence-electron chi connectivity index (χ2n) is 7.20. The molecule has 1 saturated heterocycles. The SMILES string of the molecule is CN(C)CC1(O)CCCN(C(=O)c2ccc(-c3cnc(N)nc3)cc2)C1. The number of aromatic nitrogens is 2. The van der Waals surface area contributed by atoms with Crippen LogP contribution < -0.4 is 5.73 Å². The Bertz CT molecular complexity index is 761. The number of aliphatic hydroxyl groups is 1. The van der Waals surface area contributed by atoms with Gasteiger partial charge < -0.3 is 20.6 Å². The van der Waals surface area contributed by atoms with Gasteiger partial charge in [0, 0.05) is 36.6 Å². The number of rotatable bonds is 4. The molecule has 0 spiro atoms. The molecule has 1 fully saturated rings. The number of β-amino-alcohol motifs (C(OH)–C–C–N with tert-alkyl or cyclic N) is 1. The third kappa shape index (κ3) is 4.17. The van der Waals surface area contributed by atoms with E-state index < -0.39 is 5.60 Å². The molecular weight excluding hydrogens is 330 g/mol. The molecule has 1 aliphatic rings. The Labute approximate surface area is 153 Å². The number of carbonyl (C=O) groups is 1. The van der Waals surface area contributed by atoms with Crippen LogP contribution in [0.4, 0.5) is 5.95 Å². The van der Waals surface area contributed by atoms with Crippen LogP contribution in [0.25, 0.3) is 11.1 Å². The summed E-state index contributed by atoms with van der Waals surface area (Å²) in [5.74, 6) is 0.179. The second-order valence-corrected chi connectivity index (χ2v) is 7.20. The van der Waals surface area contributed by atoms with Gasteiger partial charge in [0.1, 0.15) is 0 Å². The number of nitrogens with two attached hydrogens (primary N) is 1. The van der Waals surface area contributed by atoms with Crippen molar-refractivity contribution in [3.63, 3.8) is 0 Å². The van der Waals surface area contributed by atoms with E-state index in [-0.39, 0.29) is 11.9 Å². The summed E-state index contributed by atoms with van der Waals surface area (Å²) in [4.78, 5) is 24.5. The number of hydrogen-bond donors (Lipinski definition) is 2. The largest absolute Gasteiger partial charge is 0.387 e. The van der Waals surface area contributed by atoms with Gasteiger partial charge >= 0.3 is 0 Å². The van der Waals surface area contributed by atoms with Crippen LogP contribution in [-0.4, -0.2) is 70.1 Å². The quantitative estimate of drug-likeness (QED) is 0.857. The first-order chi connectivity index (χ1) is 12.4. The molecule has 0 bridgehead atoms. The number of likely N-dealkylation sites (N-methyl/N-ethyl adjacent to an activating group) is 1. The van der Waals surface area contributed by atoms with Crippen molar-refractivity contribution in [3.8, 4) is 11.1 Å². The highest BCUT2D eigenvalue weighted by Gasteiger charge is 2.35. The van der Waals surface area contributed by atoms with Crippen molar-refractivity contribution in [2.45, 2.75) is 18.4 Å². The van der Waals surface area contributed by atoms with Gasteiger partial charge in [-0.1, -0.05) is 12.1 Å². The predicted molar refractivity (Wildman–Crippen MR) is 101 cm³/mol. The lowest BCUT2D eigenvalue weighted by molar-refractivity contribution is -0.0391. The number of carbonyl (C=O) groups excluding carboxylic acids is 1. The van der Waals surface area contributed by atoms with E-state index in [4.69, 9.17) is 5.73 Å². The average Bonchev–Trinajstić information content (AvgIpc) is 2.61.